The summed E-state index contributed by atoms with van der Waals surface area (Å²) in [6.07, 6.45) is 9.78. The van der Waals surface area contributed by atoms with E-state index in [4.69, 9.17) is 4.74 Å². The minimum absolute atomic E-state index is 0.749. The van der Waals surface area contributed by atoms with E-state index in [1.54, 1.807) is 0 Å². The molecule has 184 valence electrons. The summed E-state index contributed by atoms with van der Waals surface area (Å²) < 4.78 is 6.31. The fourth-order valence-corrected chi connectivity index (χ4v) is 4.68. The van der Waals surface area contributed by atoms with E-state index in [2.05, 4.69) is 80.3 Å². The average molecular weight is 489 g/mol. The van der Waals surface area contributed by atoms with Gasteiger partial charge in [0.15, 0.2) is 0 Å². The fraction of sp³-hybridized carbons (Fsp3) is 0.133. The molecule has 0 saturated carbocycles. The van der Waals surface area contributed by atoms with Gasteiger partial charge in [-0.25, -0.2) is 0 Å². The van der Waals surface area contributed by atoms with Gasteiger partial charge in [0.1, 0.15) is 11.5 Å². The van der Waals surface area contributed by atoms with Crippen molar-refractivity contribution in [2.45, 2.75) is 0 Å². The average Bonchev–Trinajstić information content (AvgIpc) is 3.53. The van der Waals surface area contributed by atoms with Gasteiger partial charge >= 0.3 is 0 Å². The summed E-state index contributed by atoms with van der Waals surface area (Å²) in [5.41, 5.74) is 6.51. The quantitative estimate of drug-likeness (QED) is 0.346. The predicted octanol–water partition coefficient (Wildman–Crippen LogP) is 5.68. The van der Waals surface area contributed by atoms with Crippen LogP contribution in [-0.4, -0.2) is 47.2 Å². The number of ether oxygens (including phenoxy) is 1. The molecule has 4 heterocycles. The number of rotatable bonds is 6. The molecule has 2 aliphatic heterocycles. The smallest absolute Gasteiger partial charge is 0.129 e. The van der Waals surface area contributed by atoms with Crippen LogP contribution in [0.3, 0.4) is 0 Å². The van der Waals surface area contributed by atoms with Crippen molar-refractivity contribution in [3.05, 3.63) is 121 Å². The van der Waals surface area contributed by atoms with Crippen molar-refractivity contribution >= 4 is 22.8 Å². The Bertz CT molecular complexity index is 1340. The van der Waals surface area contributed by atoms with Gasteiger partial charge in [0.2, 0.25) is 0 Å². The van der Waals surface area contributed by atoms with Crippen molar-refractivity contribution in [3.8, 4) is 11.5 Å². The van der Waals surface area contributed by atoms with Gasteiger partial charge in [0.05, 0.1) is 30.4 Å². The fourth-order valence-electron chi connectivity index (χ4n) is 4.68. The minimum Gasteiger partial charge on any atom is -0.457 e. The Morgan fingerprint density at radius 3 is 1.89 bits per heavy atom. The van der Waals surface area contributed by atoms with Crippen LogP contribution in [0.25, 0.3) is 11.4 Å². The third kappa shape index (κ3) is 4.71. The molecular weight excluding hydrogens is 460 g/mol. The topological polar surface area (TPSA) is 48.0 Å². The standard InChI is InChI=1S/C30H28N6O/c1-33-21-35(19-29(33)23-12-15-31-16-13-23)24-7-5-9-26(17-24)37-27-10-6-8-25(18-27)36-20-30(34(2)22-36)28-11-3-4-14-32-28/h3-20H,21-22H2,1-2H3. The molecule has 4 aromatic rings. The van der Waals surface area contributed by atoms with Gasteiger partial charge in [-0.3, -0.25) is 9.97 Å². The number of pyridine rings is 2. The summed E-state index contributed by atoms with van der Waals surface area (Å²) in [6.45, 7) is 1.52. The predicted molar refractivity (Wildman–Crippen MR) is 148 cm³/mol. The van der Waals surface area contributed by atoms with Gasteiger partial charge in [0.25, 0.3) is 0 Å². The van der Waals surface area contributed by atoms with Crippen LogP contribution in [0.5, 0.6) is 11.5 Å². The van der Waals surface area contributed by atoms with E-state index in [1.165, 1.54) is 0 Å². The zero-order chi connectivity index (χ0) is 25.2. The molecule has 0 amide bonds. The molecule has 2 aliphatic rings. The lowest BCUT2D eigenvalue weighted by Crippen LogP contribution is -2.23. The van der Waals surface area contributed by atoms with Crippen LogP contribution in [0.15, 0.2) is 110 Å². The number of anilines is 2. The van der Waals surface area contributed by atoms with Crippen molar-refractivity contribution < 1.29 is 4.74 Å². The number of aromatic nitrogens is 2. The largest absolute Gasteiger partial charge is 0.457 e. The van der Waals surface area contributed by atoms with E-state index in [-0.39, 0.29) is 0 Å². The number of benzene rings is 2. The molecule has 0 spiro atoms. The van der Waals surface area contributed by atoms with E-state index in [9.17, 15) is 0 Å². The highest BCUT2D eigenvalue weighted by Crippen LogP contribution is 2.34. The molecule has 37 heavy (non-hydrogen) atoms. The van der Waals surface area contributed by atoms with E-state index < -0.39 is 0 Å². The first kappa shape index (κ1) is 22.7. The van der Waals surface area contributed by atoms with Crippen LogP contribution < -0.4 is 14.5 Å². The van der Waals surface area contributed by atoms with Crippen LogP contribution in [0.2, 0.25) is 0 Å². The Morgan fingerprint density at radius 1 is 0.649 bits per heavy atom. The first-order valence-corrected chi connectivity index (χ1v) is 12.2. The van der Waals surface area contributed by atoms with Crippen molar-refractivity contribution in [1.29, 1.82) is 0 Å². The van der Waals surface area contributed by atoms with Crippen molar-refractivity contribution in [3.63, 3.8) is 0 Å². The summed E-state index contributed by atoms with van der Waals surface area (Å²) in [5, 5.41) is 0. The minimum atomic E-state index is 0.749. The van der Waals surface area contributed by atoms with Gasteiger partial charge < -0.3 is 24.3 Å². The Hall–Kier alpha value is -4.78. The first-order valence-electron chi connectivity index (χ1n) is 12.2. The van der Waals surface area contributed by atoms with Crippen molar-refractivity contribution in [1.82, 2.24) is 19.8 Å². The lowest BCUT2D eigenvalue weighted by Gasteiger charge is -2.21. The molecule has 0 bridgehead atoms. The molecule has 6 rings (SSSR count). The van der Waals surface area contributed by atoms with E-state index in [0.717, 1.165) is 58.9 Å². The summed E-state index contributed by atoms with van der Waals surface area (Å²) >= 11 is 0. The van der Waals surface area contributed by atoms with E-state index >= 15 is 0 Å². The lowest BCUT2D eigenvalue weighted by molar-refractivity contribution is 0.481. The van der Waals surface area contributed by atoms with E-state index in [1.807, 2.05) is 73.2 Å². The monoisotopic (exact) mass is 488 g/mol. The third-order valence-electron chi connectivity index (χ3n) is 6.55. The zero-order valence-electron chi connectivity index (χ0n) is 20.9. The van der Waals surface area contributed by atoms with Gasteiger partial charge in [-0.2, -0.15) is 0 Å². The summed E-state index contributed by atoms with van der Waals surface area (Å²) in [5.74, 6) is 1.59. The second-order valence-corrected chi connectivity index (χ2v) is 9.19. The molecule has 0 radical (unpaired) electrons. The van der Waals surface area contributed by atoms with Crippen molar-refractivity contribution in [2.24, 2.45) is 0 Å². The van der Waals surface area contributed by atoms with Gasteiger partial charge in [-0.1, -0.05) is 18.2 Å². The molecule has 0 saturated heterocycles. The Labute approximate surface area is 217 Å². The number of hydrogen-bond acceptors (Lipinski definition) is 7. The molecule has 0 atom stereocenters. The lowest BCUT2D eigenvalue weighted by atomic mass is 10.2. The summed E-state index contributed by atoms with van der Waals surface area (Å²) in [7, 11) is 4.18. The molecule has 0 unspecified atom stereocenters. The SMILES string of the molecule is CN1CN(c2cccc(Oc3cccc(N4C=C(c5ccccn5)N(C)C4)c3)c2)C=C1c1ccncc1. The van der Waals surface area contributed by atoms with Crippen LogP contribution in [-0.2, 0) is 0 Å². The summed E-state index contributed by atoms with van der Waals surface area (Å²) in [4.78, 5) is 17.5. The normalized spacial score (nSPS) is 15.2. The van der Waals surface area contributed by atoms with E-state index in [0.29, 0.717) is 0 Å². The number of hydrogen-bond donors (Lipinski definition) is 0. The number of nitrogens with zero attached hydrogens (tertiary/aromatic N) is 6. The maximum absolute atomic E-state index is 6.31. The van der Waals surface area contributed by atoms with Crippen molar-refractivity contribution in [2.75, 3.05) is 37.2 Å². The molecule has 2 aromatic heterocycles. The Morgan fingerprint density at radius 2 is 1.27 bits per heavy atom. The maximum Gasteiger partial charge on any atom is 0.129 e. The molecule has 7 nitrogen and oxygen atoms in total. The highest BCUT2D eigenvalue weighted by molar-refractivity contribution is 5.72. The second-order valence-electron chi connectivity index (χ2n) is 9.19. The molecule has 0 fully saturated rings. The van der Waals surface area contributed by atoms with Crippen LogP contribution in [0, 0.1) is 0 Å². The maximum atomic E-state index is 6.31. The van der Waals surface area contributed by atoms with Crippen LogP contribution in [0.1, 0.15) is 11.3 Å². The molecular formula is C30H28N6O. The highest BCUT2D eigenvalue weighted by Gasteiger charge is 2.22. The van der Waals surface area contributed by atoms with Gasteiger partial charge in [-0.15, -0.1) is 0 Å². The molecule has 7 heteroatoms. The van der Waals surface area contributed by atoms with Crippen LogP contribution >= 0.6 is 0 Å². The Balaban J connectivity index is 1.20. The third-order valence-corrected chi connectivity index (χ3v) is 6.55. The highest BCUT2D eigenvalue weighted by atomic mass is 16.5. The molecule has 0 N–H and O–H groups in total. The molecule has 0 aliphatic carbocycles. The zero-order valence-corrected chi connectivity index (χ0v) is 20.9. The van der Waals surface area contributed by atoms with Gasteiger partial charge in [-0.05, 0) is 48.5 Å². The first-order chi connectivity index (χ1) is 18.1. The summed E-state index contributed by atoms with van der Waals surface area (Å²) in [6, 6.07) is 26.4. The molecule has 2 aromatic carbocycles. The van der Waals surface area contributed by atoms with Crippen LogP contribution in [0.4, 0.5) is 11.4 Å². The second kappa shape index (κ2) is 9.70. The Kier molecular flexibility index (Phi) is 5.94. The van der Waals surface area contributed by atoms with Gasteiger partial charge in [0, 0.05) is 74.2 Å².